The third-order valence-corrected chi connectivity index (χ3v) is 8.73. The number of anilines is 1. The number of hydrogen-bond acceptors (Lipinski definition) is 6. The first-order chi connectivity index (χ1) is 18.5. The van der Waals surface area contributed by atoms with Crippen LogP contribution in [0.3, 0.4) is 0 Å². The summed E-state index contributed by atoms with van der Waals surface area (Å²) < 4.78 is 0.865. The van der Waals surface area contributed by atoms with E-state index in [0.29, 0.717) is 16.7 Å². The molecule has 8 heteroatoms. The van der Waals surface area contributed by atoms with Crippen LogP contribution >= 0.6 is 15.9 Å². The topological polar surface area (TPSA) is 97.6 Å². The second-order valence-electron chi connectivity index (χ2n) is 11.4. The van der Waals surface area contributed by atoms with Crippen LogP contribution in [0.5, 0.6) is 0 Å². The molecule has 0 bridgehead atoms. The van der Waals surface area contributed by atoms with Gasteiger partial charge in [-0.1, -0.05) is 85.3 Å². The van der Waals surface area contributed by atoms with E-state index >= 15 is 0 Å². The maximum Gasteiger partial charge on any atom is 0.269 e. The lowest BCUT2D eigenvalue weighted by Crippen LogP contribution is -2.49. The van der Waals surface area contributed by atoms with Gasteiger partial charge in [0.1, 0.15) is 5.41 Å². The SMILES string of the molecule is CC(C)(C)C(=O)C1C(c2ccc([N+](=O)[O-])cc2)C2(C(=O)c3ccccc3C2=O)C2C=Cc3cc(Br)ccc3N12. The lowest BCUT2D eigenvalue weighted by Gasteiger charge is -2.38. The zero-order valence-corrected chi connectivity index (χ0v) is 23.1. The Balaban J connectivity index is 1.68. The minimum atomic E-state index is -1.62. The summed E-state index contributed by atoms with van der Waals surface area (Å²) in [7, 11) is 0. The van der Waals surface area contributed by atoms with E-state index < -0.39 is 33.8 Å². The third kappa shape index (κ3) is 3.44. The zero-order valence-electron chi connectivity index (χ0n) is 21.6. The molecule has 6 rings (SSSR count). The normalized spacial score (nSPS) is 22.6. The van der Waals surface area contributed by atoms with Gasteiger partial charge in [-0.2, -0.15) is 0 Å². The Labute approximate surface area is 233 Å². The highest BCUT2D eigenvalue weighted by molar-refractivity contribution is 9.10. The number of fused-ring (bicyclic) bond motifs is 5. The third-order valence-electron chi connectivity index (χ3n) is 8.24. The largest absolute Gasteiger partial charge is 0.352 e. The van der Waals surface area contributed by atoms with Crippen LogP contribution in [0.1, 0.15) is 58.5 Å². The number of rotatable bonds is 3. The summed E-state index contributed by atoms with van der Waals surface area (Å²) in [5, 5.41) is 11.4. The van der Waals surface area contributed by atoms with Gasteiger partial charge in [0, 0.05) is 44.8 Å². The molecule has 3 unspecified atom stereocenters. The number of nitro groups is 1. The van der Waals surface area contributed by atoms with Gasteiger partial charge in [0.15, 0.2) is 17.3 Å². The molecule has 2 aliphatic heterocycles. The second kappa shape index (κ2) is 8.55. The van der Waals surface area contributed by atoms with Gasteiger partial charge in [-0.15, -0.1) is 0 Å². The van der Waals surface area contributed by atoms with Crippen molar-refractivity contribution in [3.63, 3.8) is 0 Å². The Morgan fingerprint density at radius 1 is 0.974 bits per heavy atom. The van der Waals surface area contributed by atoms with Crippen LogP contribution in [0.15, 0.2) is 77.3 Å². The van der Waals surface area contributed by atoms with Crippen molar-refractivity contribution in [3.05, 3.63) is 110 Å². The Hall–Kier alpha value is -3.91. The number of halogens is 1. The quantitative estimate of drug-likeness (QED) is 0.200. The van der Waals surface area contributed by atoms with E-state index in [0.717, 1.165) is 15.7 Å². The maximum absolute atomic E-state index is 14.5. The summed E-state index contributed by atoms with van der Waals surface area (Å²) >= 11 is 3.52. The van der Waals surface area contributed by atoms with Gasteiger partial charge < -0.3 is 4.90 Å². The summed E-state index contributed by atoms with van der Waals surface area (Å²) in [6, 6.07) is 16.8. The first-order valence-corrected chi connectivity index (χ1v) is 13.5. The Morgan fingerprint density at radius 2 is 1.59 bits per heavy atom. The second-order valence-corrected chi connectivity index (χ2v) is 12.3. The molecular formula is C31H25BrN2O5. The van der Waals surface area contributed by atoms with Gasteiger partial charge in [0.25, 0.3) is 5.69 Å². The highest BCUT2D eigenvalue weighted by Crippen LogP contribution is 2.61. The number of carbonyl (C=O) groups is 3. The lowest BCUT2D eigenvalue weighted by atomic mass is 9.63. The average molecular weight is 585 g/mol. The Kier molecular flexibility index (Phi) is 5.56. The van der Waals surface area contributed by atoms with Crippen molar-refractivity contribution in [1.82, 2.24) is 0 Å². The predicted octanol–water partition coefficient (Wildman–Crippen LogP) is 6.41. The minimum absolute atomic E-state index is 0.107. The first kappa shape index (κ1) is 25.4. The van der Waals surface area contributed by atoms with E-state index in [1.54, 1.807) is 36.4 Å². The smallest absolute Gasteiger partial charge is 0.269 e. The van der Waals surface area contributed by atoms with Gasteiger partial charge in [0.05, 0.1) is 17.0 Å². The number of carbonyl (C=O) groups excluding carboxylic acids is 3. The van der Waals surface area contributed by atoms with Crippen molar-refractivity contribution < 1.29 is 19.3 Å². The summed E-state index contributed by atoms with van der Waals surface area (Å²) in [5.74, 6) is -1.64. The molecule has 7 nitrogen and oxygen atoms in total. The molecule has 3 aromatic rings. The molecular weight excluding hydrogens is 560 g/mol. The summed E-state index contributed by atoms with van der Waals surface area (Å²) in [5.41, 5.74) is 0.321. The fourth-order valence-electron chi connectivity index (χ4n) is 6.57. The highest BCUT2D eigenvalue weighted by atomic mass is 79.9. The average Bonchev–Trinajstić information content (AvgIpc) is 3.33. The summed E-state index contributed by atoms with van der Waals surface area (Å²) in [6.07, 6.45) is 3.77. The molecule has 0 amide bonds. The zero-order chi connectivity index (χ0) is 27.9. The molecule has 0 radical (unpaired) electrons. The molecule has 1 aliphatic carbocycles. The van der Waals surface area contributed by atoms with Crippen molar-refractivity contribution in [3.8, 4) is 0 Å². The molecule has 39 heavy (non-hydrogen) atoms. The fourth-order valence-corrected chi connectivity index (χ4v) is 6.95. The van der Waals surface area contributed by atoms with E-state index in [1.165, 1.54) is 12.1 Å². The molecule has 0 N–H and O–H groups in total. The summed E-state index contributed by atoms with van der Waals surface area (Å²) in [4.78, 5) is 56.3. The lowest BCUT2D eigenvalue weighted by molar-refractivity contribution is -0.384. The predicted molar refractivity (Wildman–Crippen MR) is 151 cm³/mol. The monoisotopic (exact) mass is 584 g/mol. The minimum Gasteiger partial charge on any atom is -0.352 e. The van der Waals surface area contributed by atoms with Gasteiger partial charge in [0.2, 0.25) is 0 Å². The van der Waals surface area contributed by atoms with Crippen LogP contribution in [0, 0.1) is 20.9 Å². The number of ketones is 3. The van der Waals surface area contributed by atoms with Crippen molar-refractivity contribution >= 4 is 50.7 Å². The molecule has 1 saturated heterocycles. The molecule has 1 spiro atoms. The van der Waals surface area contributed by atoms with Crippen LogP contribution in [0.2, 0.25) is 0 Å². The molecule has 3 atom stereocenters. The fraction of sp³-hybridized carbons (Fsp3) is 0.258. The first-order valence-electron chi connectivity index (χ1n) is 12.7. The number of nitro benzene ring substituents is 1. The maximum atomic E-state index is 14.5. The number of non-ortho nitro benzene ring substituents is 1. The van der Waals surface area contributed by atoms with Gasteiger partial charge >= 0.3 is 0 Å². The molecule has 1 fully saturated rings. The van der Waals surface area contributed by atoms with Gasteiger partial charge in [-0.05, 0) is 29.3 Å². The van der Waals surface area contributed by atoms with Gasteiger partial charge in [-0.3, -0.25) is 24.5 Å². The standard InChI is InChI=1S/C31H25BrN2O5/c1-30(2,3)29(37)26-25(17-8-12-20(13-9-17)34(38)39)31(27(35)21-6-4-5-7-22(21)28(31)36)24-15-10-18-16-19(32)11-14-23(18)33(24)26/h4-16,24-26H,1-3H3. The van der Waals surface area contributed by atoms with Crippen molar-refractivity contribution in [1.29, 1.82) is 0 Å². The number of nitrogens with zero attached hydrogens (tertiary/aromatic N) is 2. The molecule has 2 heterocycles. The van der Waals surface area contributed by atoms with Crippen LogP contribution in [-0.2, 0) is 4.79 Å². The van der Waals surface area contributed by atoms with Crippen molar-refractivity contribution in [2.45, 2.75) is 38.8 Å². The Morgan fingerprint density at radius 3 is 2.15 bits per heavy atom. The molecule has 0 aromatic heterocycles. The number of Topliss-reactive ketones (excluding diaryl/α,β-unsaturated/α-hetero) is 3. The number of benzene rings is 3. The van der Waals surface area contributed by atoms with Gasteiger partial charge in [-0.25, -0.2) is 0 Å². The van der Waals surface area contributed by atoms with E-state index in [2.05, 4.69) is 15.9 Å². The van der Waals surface area contributed by atoms with Crippen molar-refractivity contribution in [2.75, 3.05) is 4.90 Å². The summed E-state index contributed by atoms with van der Waals surface area (Å²) in [6.45, 7) is 5.49. The van der Waals surface area contributed by atoms with E-state index in [9.17, 15) is 24.5 Å². The molecule has 0 saturated carbocycles. The van der Waals surface area contributed by atoms with Crippen LogP contribution in [0.25, 0.3) is 6.08 Å². The molecule has 3 aliphatic rings. The van der Waals surface area contributed by atoms with Crippen LogP contribution in [-0.4, -0.2) is 34.4 Å². The van der Waals surface area contributed by atoms with E-state index in [1.807, 2.05) is 56.0 Å². The van der Waals surface area contributed by atoms with Crippen LogP contribution < -0.4 is 4.90 Å². The van der Waals surface area contributed by atoms with Crippen molar-refractivity contribution in [2.24, 2.45) is 10.8 Å². The Bertz CT molecular complexity index is 1580. The van der Waals surface area contributed by atoms with E-state index in [-0.39, 0.29) is 23.0 Å². The van der Waals surface area contributed by atoms with E-state index in [4.69, 9.17) is 0 Å². The van der Waals surface area contributed by atoms with Crippen LogP contribution in [0.4, 0.5) is 11.4 Å². The number of hydrogen-bond donors (Lipinski definition) is 0. The molecule has 196 valence electrons. The highest BCUT2D eigenvalue weighted by Gasteiger charge is 2.71. The molecule has 3 aromatic carbocycles.